The Bertz CT molecular complexity index is 481. The Morgan fingerprint density at radius 3 is 2.59 bits per heavy atom. The van der Waals surface area contributed by atoms with Crippen LogP contribution in [0.4, 0.5) is 0 Å². The molecule has 0 aromatic heterocycles. The topological polar surface area (TPSA) is 57.6 Å². The van der Waals surface area contributed by atoms with Gasteiger partial charge in [0.25, 0.3) is 5.91 Å². The van der Waals surface area contributed by atoms with Crippen LogP contribution in [0, 0.1) is 12.8 Å². The van der Waals surface area contributed by atoms with Crippen LogP contribution in [0.3, 0.4) is 0 Å². The van der Waals surface area contributed by atoms with E-state index >= 15 is 0 Å². The third-order valence-electron chi connectivity index (χ3n) is 2.87. The fraction of sp³-hybridized carbons (Fsp3) is 0.333. The van der Waals surface area contributed by atoms with Crippen LogP contribution in [0.5, 0.6) is 0 Å². The SMILES string of the molecule is Cc1ccc(C(=O)N2CC(C(=O)O)C2)c(Cl)c1. The molecule has 2 rings (SSSR count). The first-order valence-electron chi connectivity index (χ1n) is 5.27. The molecule has 17 heavy (non-hydrogen) atoms. The van der Waals surface area contributed by atoms with Crippen molar-refractivity contribution in [2.75, 3.05) is 13.1 Å². The molecular weight excluding hydrogens is 242 g/mol. The van der Waals surface area contributed by atoms with Crippen molar-refractivity contribution >= 4 is 23.5 Å². The van der Waals surface area contributed by atoms with E-state index in [1.807, 2.05) is 13.0 Å². The van der Waals surface area contributed by atoms with Gasteiger partial charge < -0.3 is 10.0 Å². The molecule has 1 heterocycles. The minimum atomic E-state index is -0.857. The molecule has 1 saturated heterocycles. The van der Waals surface area contributed by atoms with Crippen molar-refractivity contribution in [3.63, 3.8) is 0 Å². The van der Waals surface area contributed by atoms with Crippen molar-refractivity contribution in [1.29, 1.82) is 0 Å². The molecule has 1 fully saturated rings. The van der Waals surface area contributed by atoms with E-state index in [4.69, 9.17) is 16.7 Å². The summed E-state index contributed by atoms with van der Waals surface area (Å²) in [7, 11) is 0. The largest absolute Gasteiger partial charge is 0.481 e. The van der Waals surface area contributed by atoms with Gasteiger partial charge in [-0.3, -0.25) is 9.59 Å². The van der Waals surface area contributed by atoms with Crippen LogP contribution in [-0.4, -0.2) is 35.0 Å². The molecule has 4 nitrogen and oxygen atoms in total. The lowest BCUT2D eigenvalue weighted by atomic mass is 9.99. The van der Waals surface area contributed by atoms with Gasteiger partial charge in [0.15, 0.2) is 0 Å². The summed E-state index contributed by atoms with van der Waals surface area (Å²) in [6.45, 7) is 2.42. The zero-order valence-corrected chi connectivity index (χ0v) is 10.1. The zero-order chi connectivity index (χ0) is 12.6. The zero-order valence-electron chi connectivity index (χ0n) is 9.31. The Kier molecular flexibility index (Phi) is 3.07. The second-order valence-electron chi connectivity index (χ2n) is 4.23. The molecule has 0 spiro atoms. The highest BCUT2D eigenvalue weighted by Crippen LogP contribution is 2.23. The minimum absolute atomic E-state index is 0.201. The maximum Gasteiger partial charge on any atom is 0.310 e. The van der Waals surface area contributed by atoms with Gasteiger partial charge in [-0.05, 0) is 24.6 Å². The maximum absolute atomic E-state index is 12.0. The number of aryl methyl sites for hydroxylation is 1. The monoisotopic (exact) mass is 253 g/mol. The molecule has 1 aromatic carbocycles. The lowest BCUT2D eigenvalue weighted by molar-refractivity contribution is -0.146. The number of carbonyl (C=O) groups is 2. The Morgan fingerprint density at radius 1 is 1.41 bits per heavy atom. The molecule has 0 aliphatic carbocycles. The molecule has 0 saturated carbocycles. The van der Waals surface area contributed by atoms with E-state index in [2.05, 4.69) is 0 Å². The minimum Gasteiger partial charge on any atom is -0.481 e. The van der Waals surface area contributed by atoms with Crippen LogP contribution < -0.4 is 0 Å². The lowest BCUT2D eigenvalue weighted by Gasteiger charge is -2.36. The van der Waals surface area contributed by atoms with Crippen LogP contribution in [0.15, 0.2) is 18.2 Å². The van der Waals surface area contributed by atoms with Crippen molar-refractivity contribution < 1.29 is 14.7 Å². The molecule has 1 amide bonds. The number of likely N-dealkylation sites (tertiary alicyclic amines) is 1. The summed E-state index contributed by atoms with van der Waals surface area (Å²) in [5.74, 6) is -1.50. The van der Waals surface area contributed by atoms with Crippen molar-refractivity contribution in [2.24, 2.45) is 5.92 Å². The number of carboxylic acids is 1. The van der Waals surface area contributed by atoms with Crippen LogP contribution in [0.25, 0.3) is 0 Å². The van der Waals surface area contributed by atoms with E-state index in [1.54, 1.807) is 12.1 Å². The number of hydrogen-bond donors (Lipinski definition) is 1. The van der Waals surface area contributed by atoms with Crippen molar-refractivity contribution in [1.82, 2.24) is 4.90 Å². The first-order chi connectivity index (χ1) is 7.99. The van der Waals surface area contributed by atoms with Gasteiger partial charge in [0, 0.05) is 13.1 Å². The fourth-order valence-corrected chi connectivity index (χ4v) is 2.08. The smallest absolute Gasteiger partial charge is 0.310 e. The van der Waals surface area contributed by atoms with Gasteiger partial charge in [-0.15, -0.1) is 0 Å². The molecule has 0 unspecified atom stereocenters. The Hall–Kier alpha value is -1.55. The van der Waals surface area contributed by atoms with Gasteiger partial charge in [0.1, 0.15) is 0 Å². The van der Waals surface area contributed by atoms with Crippen LogP contribution in [0.2, 0.25) is 5.02 Å². The highest BCUT2D eigenvalue weighted by atomic mass is 35.5. The van der Waals surface area contributed by atoms with Gasteiger partial charge in [0.05, 0.1) is 16.5 Å². The summed E-state index contributed by atoms with van der Waals surface area (Å²) >= 11 is 5.98. The average Bonchev–Trinajstić information content (AvgIpc) is 2.13. The summed E-state index contributed by atoms with van der Waals surface area (Å²) in [4.78, 5) is 24.1. The molecular formula is C12H12ClNO3. The highest BCUT2D eigenvalue weighted by Gasteiger charge is 2.36. The molecule has 0 bridgehead atoms. The van der Waals surface area contributed by atoms with Crippen molar-refractivity contribution in [3.05, 3.63) is 34.3 Å². The number of aliphatic carboxylic acids is 1. The Balaban J connectivity index is 2.09. The molecule has 0 atom stereocenters. The number of carbonyl (C=O) groups excluding carboxylic acids is 1. The van der Waals surface area contributed by atoms with Gasteiger partial charge in [0.2, 0.25) is 0 Å². The first-order valence-corrected chi connectivity index (χ1v) is 5.65. The van der Waals surface area contributed by atoms with Crippen LogP contribution >= 0.6 is 11.6 Å². The van der Waals surface area contributed by atoms with Crippen molar-refractivity contribution in [2.45, 2.75) is 6.92 Å². The van der Waals surface area contributed by atoms with Gasteiger partial charge in [-0.1, -0.05) is 17.7 Å². The predicted molar refractivity (Wildman–Crippen MR) is 63.2 cm³/mol. The second kappa shape index (κ2) is 4.37. The highest BCUT2D eigenvalue weighted by molar-refractivity contribution is 6.33. The number of nitrogens with zero attached hydrogens (tertiary/aromatic N) is 1. The Morgan fingerprint density at radius 2 is 2.06 bits per heavy atom. The molecule has 1 aromatic rings. The molecule has 1 aliphatic rings. The lowest BCUT2D eigenvalue weighted by Crippen LogP contribution is -2.53. The predicted octanol–water partition coefficient (Wildman–Crippen LogP) is 1.81. The number of halogens is 1. The molecule has 1 aliphatic heterocycles. The van der Waals surface area contributed by atoms with E-state index < -0.39 is 11.9 Å². The van der Waals surface area contributed by atoms with E-state index in [-0.39, 0.29) is 19.0 Å². The van der Waals surface area contributed by atoms with Crippen LogP contribution in [0.1, 0.15) is 15.9 Å². The number of benzene rings is 1. The number of amides is 1. The Labute approximate surface area is 104 Å². The molecule has 0 radical (unpaired) electrons. The number of hydrogen-bond acceptors (Lipinski definition) is 2. The molecule has 5 heteroatoms. The number of carboxylic acid groups (broad SMARTS) is 1. The summed E-state index contributed by atoms with van der Waals surface area (Å²) < 4.78 is 0. The number of rotatable bonds is 2. The van der Waals surface area contributed by atoms with Crippen LogP contribution in [-0.2, 0) is 4.79 Å². The van der Waals surface area contributed by atoms with Gasteiger partial charge in [-0.2, -0.15) is 0 Å². The second-order valence-corrected chi connectivity index (χ2v) is 4.64. The molecule has 1 N–H and O–H groups in total. The third kappa shape index (κ3) is 2.26. The van der Waals surface area contributed by atoms with E-state index in [9.17, 15) is 9.59 Å². The standard InChI is InChI=1S/C12H12ClNO3/c1-7-2-3-9(10(13)4-7)11(15)14-5-8(6-14)12(16)17/h2-4,8H,5-6H2,1H3,(H,16,17). The average molecular weight is 254 g/mol. The summed E-state index contributed by atoms with van der Waals surface area (Å²) in [5, 5.41) is 9.14. The third-order valence-corrected chi connectivity index (χ3v) is 3.19. The summed E-state index contributed by atoms with van der Waals surface area (Å²) in [6, 6.07) is 5.21. The fourth-order valence-electron chi connectivity index (χ4n) is 1.76. The van der Waals surface area contributed by atoms with Crippen molar-refractivity contribution in [3.8, 4) is 0 Å². The van der Waals surface area contributed by atoms with E-state index in [1.165, 1.54) is 4.90 Å². The quantitative estimate of drug-likeness (QED) is 0.875. The van der Waals surface area contributed by atoms with Gasteiger partial charge in [-0.25, -0.2) is 0 Å². The first kappa shape index (κ1) is 11.9. The summed E-state index contributed by atoms with van der Waals surface area (Å²) in [6.07, 6.45) is 0. The summed E-state index contributed by atoms with van der Waals surface area (Å²) in [5.41, 5.74) is 1.42. The maximum atomic E-state index is 12.0. The normalized spacial score (nSPS) is 15.5. The van der Waals surface area contributed by atoms with Gasteiger partial charge >= 0.3 is 5.97 Å². The van der Waals surface area contributed by atoms with E-state index in [0.717, 1.165) is 5.56 Å². The molecule has 90 valence electrons. The van der Waals surface area contributed by atoms with E-state index in [0.29, 0.717) is 10.6 Å².